The van der Waals surface area contributed by atoms with Crippen molar-refractivity contribution in [3.63, 3.8) is 0 Å². The maximum absolute atomic E-state index is 11.5. The molecule has 0 heterocycles. The van der Waals surface area contributed by atoms with Crippen LogP contribution in [0.15, 0.2) is 24.3 Å². The Labute approximate surface area is 111 Å². The number of nitro groups is 1. The van der Waals surface area contributed by atoms with Gasteiger partial charge in [-0.05, 0) is 19.4 Å². The Morgan fingerprint density at radius 2 is 2.26 bits per heavy atom. The SMILES string of the molecule is CCOCCCNC(=O)Nc1cccc([N+](=O)[O-])c1. The number of carbonyl (C=O) groups excluding carboxylic acids is 1. The van der Waals surface area contributed by atoms with E-state index in [1.54, 1.807) is 6.07 Å². The van der Waals surface area contributed by atoms with Crippen LogP contribution in [0.4, 0.5) is 16.2 Å². The molecule has 1 aromatic rings. The molecule has 0 aliphatic carbocycles. The summed E-state index contributed by atoms with van der Waals surface area (Å²) < 4.78 is 5.13. The summed E-state index contributed by atoms with van der Waals surface area (Å²) in [4.78, 5) is 21.6. The molecule has 0 radical (unpaired) electrons. The average molecular weight is 267 g/mol. The second-order valence-corrected chi connectivity index (χ2v) is 3.74. The van der Waals surface area contributed by atoms with Crippen LogP contribution < -0.4 is 10.6 Å². The fourth-order valence-corrected chi connectivity index (χ4v) is 1.39. The van der Waals surface area contributed by atoms with E-state index >= 15 is 0 Å². The lowest BCUT2D eigenvalue weighted by Gasteiger charge is -2.07. The third-order valence-electron chi connectivity index (χ3n) is 2.27. The van der Waals surface area contributed by atoms with Crippen LogP contribution in [0.2, 0.25) is 0 Å². The molecule has 19 heavy (non-hydrogen) atoms. The minimum Gasteiger partial charge on any atom is -0.382 e. The monoisotopic (exact) mass is 267 g/mol. The van der Waals surface area contributed by atoms with Gasteiger partial charge in [-0.25, -0.2) is 4.79 Å². The van der Waals surface area contributed by atoms with Crippen molar-refractivity contribution in [2.45, 2.75) is 13.3 Å². The highest BCUT2D eigenvalue weighted by Gasteiger charge is 2.07. The summed E-state index contributed by atoms with van der Waals surface area (Å²) >= 11 is 0. The van der Waals surface area contributed by atoms with E-state index in [1.165, 1.54) is 18.2 Å². The zero-order chi connectivity index (χ0) is 14.1. The van der Waals surface area contributed by atoms with Crippen molar-refractivity contribution in [2.24, 2.45) is 0 Å². The number of benzene rings is 1. The van der Waals surface area contributed by atoms with Crippen LogP contribution in [0.25, 0.3) is 0 Å². The van der Waals surface area contributed by atoms with Crippen molar-refractivity contribution in [1.82, 2.24) is 5.32 Å². The molecule has 7 heteroatoms. The van der Waals surface area contributed by atoms with Gasteiger partial charge in [0, 0.05) is 37.6 Å². The number of amides is 2. The molecule has 0 aromatic heterocycles. The van der Waals surface area contributed by atoms with Gasteiger partial charge in [0.1, 0.15) is 0 Å². The van der Waals surface area contributed by atoms with Crippen LogP contribution >= 0.6 is 0 Å². The Bertz CT molecular complexity index is 437. The smallest absolute Gasteiger partial charge is 0.319 e. The summed E-state index contributed by atoms with van der Waals surface area (Å²) in [6.07, 6.45) is 0.718. The zero-order valence-corrected chi connectivity index (χ0v) is 10.7. The molecule has 0 saturated heterocycles. The van der Waals surface area contributed by atoms with Crippen molar-refractivity contribution < 1.29 is 14.5 Å². The van der Waals surface area contributed by atoms with E-state index in [1.807, 2.05) is 6.92 Å². The Kier molecular flexibility index (Phi) is 6.31. The molecule has 2 amide bonds. The van der Waals surface area contributed by atoms with Crippen LogP contribution in [0.1, 0.15) is 13.3 Å². The topological polar surface area (TPSA) is 93.5 Å². The number of anilines is 1. The fraction of sp³-hybridized carbons (Fsp3) is 0.417. The van der Waals surface area contributed by atoms with Crippen LogP contribution in [0.3, 0.4) is 0 Å². The zero-order valence-electron chi connectivity index (χ0n) is 10.7. The third kappa shape index (κ3) is 5.82. The number of hydrogen-bond donors (Lipinski definition) is 2. The first-order valence-corrected chi connectivity index (χ1v) is 6.00. The molecule has 0 fully saturated rings. The average Bonchev–Trinajstić information content (AvgIpc) is 2.38. The van der Waals surface area contributed by atoms with E-state index in [-0.39, 0.29) is 5.69 Å². The summed E-state index contributed by atoms with van der Waals surface area (Å²) in [5, 5.41) is 15.7. The van der Waals surface area contributed by atoms with E-state index in [0.29, 0.717) is 25.4 Å². The van der Waals surface area contributed by atoms with Crippen molar-refractivity contribution >= 4 is 17.4 Å². The van der Waals surface area contributed by atoms with Gasteiger partial charge in [-0.3, -0.25) is 10.1 Å². The number of nitrogens with one attached hydrogen (secondary N) is 2. The Balaban J connectivity index is 2.35. The minimum atomic E-state index is -0.509. The standard InChI is InChI=1S/C12H17N3O4/c1-2-19-8-4-7-13-12(16)14-10-5-3-6-11(9-10)15(17)18/h3,5-6,9H,2,4,7-8H2,1H3,(H2,13,14,16). The first-order valence-electron chi connectivity index (χ1n) is 6.00. The van der Waals surface area contributed by atoms with E-state index in [4.69, 9.17) is 4.74 Å². The summed E-state index contributed by atoms with van der Waals surface area (Å²) in [5.41, 5.74) is 0.325. The van der Waals surface area contributed by atoms with Crippen molar-refractivity contribution in [1.29, 1.82) is 0 Å². The second-order valence-electron chi connectivity index (χ2n) is 3.74. The van der Waals surface area contributed by atoms with E-state index < -0.39 is 11.0 Å². The lowest BCUT2D eigenvalue weighted by molar-refractivity contribution is -0.384. The summed E-state index contributed by atoms with van der Waals surface area (Å²) in [6.45, 7) is 3.64. The molecule has 0 bridgehead atoms. The predicted molar refractivity (Wildman–Crippen MR) is 71.2 cm³/mol. The van der Waals surface area contributed by atoms with E-state index in [9.17, 15) is 14.9 Å². The van der Waals surface area contributed by atoms with Gasteiger partial charge in [-0.1, -0.05) is 6.07 Å². The number of nitrogens with zero attached hydrogens (tertiary/aromatic N) is 1. The lowest BCUT2D eigenvalue weighted by atomic mass is 10.3. The molecule has 0 spiro atoms. The minimum absolute atomic E-state index is 0.0610. The molecule has 1 rings (SSSR count). The van der Waals surface area contributed by atoms with Gasteiger partial charge in [-0.2, -0.15) is 0 Å². The summed E-state index contributed by atoms with van der Waals surface area (Å²) in [6, 6.07) is 5.39. The van der Waals surface area contributed by atoms with Gasteiger partial charge in [0.25, 0.3) is 5.69 Å². The molecule has 0 unspecified atom stereocenters. The van der Waals surface area contributed by atoms with Crippen LogP contribution in [0.5, 0.6) is 0 Å². The highest BCUT2D eigenvalue weighted by Crippen LogP contribution is 2.16. The van der Waals surface area contributed by atoms with Gasteiger partial charge < -0.3 is 15.4 Å². The van der Waals surface area contributed by atoms with Crippen LogP contribution in [0, 0.1) is 10.1 Å². The Morgan fingerprint density at radius 3 is 2.95 bits per heavy atom. The Morgan fingerprint density at radius 1 is 1.47 bits per heavy atom. The molecular weight excluding hydrogens is 250 g/mol. The molecule has 1 aromatic carbocycles. The highest BCUT2D eigenvalue weighted by atomic mass is 16.6. The Hall–Kier alpha value is -2.15. The third-order valence-corrected chi connectivity index (χ3v) is 2.27. The van der Waals surface area contributed by atoms with Crippen molar-refractivity contribution in [3.05, 3.63) is 34.4 Å². The molecule has 7 nitrogen and oxygen atoms in total. The van der Waals surface area contributed by atoms with E-state index in [2.05, 4.69) is 10.6 Å². The maximum atomic E-state index is 11.5. The van der Waals surface area contributed by atoms with Gasteiger partial charge in [-0.15, -0.1) is 0 Å². The van der Waals surface area contributed by atoms with Crippen molar-refractivity contribution in [2.75, 3.05) is 25.1 Å². The number of urea groups is 1. The molecular formula is C12H17N3O4. The molecule has 0 aliphatic heterocycles. The molecule has 2 N–H and O–H groups in total. The van der Waals surface area contributed by atoms with Crippen LogP contribution in [-0.4, -0.2) is 30.7 Å². The number of hydrogen-bond acceptors (Lipinski definition) is 4. The van der Waals surface area contributed by atoms with E-state index in [0.717, 1.165) is 6.42 Å². The number of carbonyl (C=O) groups is 1. The number of rotatable bonds is 7. The fourth-order valence-electron chi connectivity index (χ4n) is 1.39. The second kappa shape index (κ2) is 8.04. The van der Waals surface area contributed by atoms with Gasteiger partial charge in [0.05, 0.1) is 4.92 Å². The normalized spacial score (nSPS) is 9.95. The predicted octanol–water partition coefficient (Wildman–Crippen LogP) is 2.14. The molecule has 104 valence electrons. The van der Waals surface area contributed by atoms with Crippen LogP contribution in [-0.2, 0) is 4.74 Å². The summed E-state index contributed by atoms with van der Waals surface area (Å²) in [5.74, 6) is 0. The van der Waals surface area contributed by atoms with Gasteiger partial charge in [0.15, 0.2) is 0 Å². The number of ether oxygens (including phenoxy) is 1. The number of nitro benzene ring substituents is 1. The quantitative estimate of drug-likeness (QED) is 0.449. The molecule has 0 saturated carbocycles. The molecule has 0 aliphatic rings. The van der Waals surface area contributed by atoms with Gasteiger partial charge in [0.2, 0.25) is 0 Å². The summed E-state index contributed by atoms with van der Waals surface area (Å²) in [7, 11) is 0. The largest absolute Gasteiger partial charge is 0.382 e. The van der Waals surface area contributed by atoms with Gasteiger partial charge >= 0.3 is 6.03 Å². The number of non-ortho nitro benzene ring substituents is 1. The first kappa shape index (κ1) is 14.9. The molecule has 0 atom stereocenters. The maximum Gasteiger partial charge on any atom is 0.319 e. The van der Waals surface area contributed by atoms with Crippen molar-refractivity contribution in [3.8, 4) is 0 Å². The highest BCUT2D eigenvalue weighted by molar-refractivity contribution is 5.89. The first-order chi connectivity index (χ1) is 9.13. The lowest BCUT2D eigenvalue weighted by Crippen LogP contribution is -2.30.